The Morgan fingerprint density at radius 2 is 1.89 bits per heavy atom. The molecule has 1 aliphatic rings. The zero-order valence-corrected chi connectivity index (χ0v) is 12.8. The molecule has 6 heteroatoms. The number of hydrogen-bond acceptors (Lipinski definition) is 4. The van der Waals surface area contributed by atoms with Gasteiger partial charge in [0, 0.05) is 12.8 Å². The molecule has 1 fully saturated rings. The van der Waals surface area contributed by atoms with Gasteiger partial charge < -0.3 is 4.90 Å². The average molecular weight is 276 g/mol. The lowest BCUT2D eigenvalue weighted by Crippen LogP contribution is -2.50. The predicted molar refractivity (Wildman–Crippen MR) is 71.9 cm³/mol. The zero-order chi connectivity index (χ0) is 14.3. The summed E-state index contributed by atoms with van der Waals surface area (Å²) in [6.45, 7) is 9.40. The highest BCUT2D eigenvalue weighted by Crippen LogP contribution is 2.24. The monoisotopic (exact) mass is 276 g/mol. The van der Waals surface area contributed by atoms with Crippen LogP contribution in [-0.4, -0.2) is 49.0 Å². The second kappa shape index (κ2) is 4.81. The first-order valence-electron chi connectivity index (χ1n) is 6.23. The van der Waals surface area contributed by atoms with Crippen molar-refractivity contribution in [1.29, 1.82) is 0 Å². The summed E-state index contributed by atoms with van der Waals surface area (Å²) in [4.78, 5) is 13.8. The topological polar surface area (TPSA) is 66.5 Å². The van der Waals surface area contributed by atoms with E-state index in [1.165, 1.54) is 6.26 Å². The summed E-state index contributed by atoms with van der Waals surface area (Å²) < 4.78 is 22.6. The van der Waals surface area contributed by atoms with Crippen molar-refractivity contribution in [3.05, 3.63) is 0 Å². The molecule has 0 bridgehead atoms. The summed E-state index contributed by atoms with van der Waals surface area (Å²) in [5, 5.41) is 3.21. The first kappa shape index (κ1) is 15.4. The molecular weight excluding hydrogens is 252 g/mol. The number of carbonyl (C=O) groups is 1. The van der Waals surface area contributed by atoms with E-state index >= 15 is 0 Å². The van der Waals surface area contributed by atoms with Gasteiger partial charge >= 0.3 is 0 Å². The van der Waals surface area contributed by atoms with Crippen LogP contribution in [0.4, 0.5) is 0 Å². The molecule has 0 spiro atoms. The SMILES string of the molecule is CC1NC(C(C)C)N(CC(C)(C)S(C)(=O)=O)C1=O. The molecule has 0 saturated carbocycles. The number of amides is 1. The van der Waals surface area contributed by atoms with Crippen LogP contribution in [-0.2, 0) is 14.6 Å². The highest BCUT2D eigenvalue weighted by Gasteiger charge is 2.43. The summed E-state index contributed by atoms with van der Waals surface area (Å²) in [7, 11) is -3.20. The van der Waals surface area contributed by atoms with Crippen LogP contribution < -0.4 is 5.32 Å². The minimum atomic E-state index is -3.20. The van der Waals surface area contributed by atoms with Gasteiger partial charge in [-0.25, -0.2) is 8.42 Å². The van der Waals surface area contributed by atoms with E-state index in [0.29, 0.717) is 0 Å². The van der Waals surface area contributed by atoms with Gasteiger partial charge in [0.2, 0.25) is 5.91 Å². The second-order valence-electron chi connectivity index (χ2n) is 6.08. The number of carbonyl (C=O) groups excluding carboxylic acids is 1. The Labute approximate surface area is 110 Å². The molecule has 1 heterocycles. The largest absolute Gasteiger partial charge is 0.324 e. The molecule has 2 unspecified atom stereocenters. The molecule has 0 aliphatic carbocycles. The Morgan fingerprint density at radius 1 is 1.39 bits per heavy atom. The van der Waals surface area contributed by atoms with Crippen molar-refractivity contribution in [2.45, 2.75) is 51.6 Å². The van der Waals surface area contributed by atoms with Crippen LogP contribution in [0, 0.1) is 5.92 Å². The van der Waals surface area contributed by atoms with Gasteiger partial charge in [-0.05, 0) is 26.7 Å². The van der Waals surface area contributed by atoms with E-state index in [1.54, 1.807) is 18.7 Å². The molecule has 0 radical (unpaired) electrons. The molecule has 1 aliphatic heterocycles. The van der Waals surface area contributed by atoms with Crippen LogP contribution >= 0.6 is 0 Å². The van der Waals surface area contributed by atoms with Gasteiger partial charge in [-0.15, -0.1) is 0 Å². The molecule has 18 heavy (non-hydrogen) atoms. The van der Waals surface area contributed by atoms with Gasteiger partial charge in [-0.3, -0.25) is 10.1 Å². The quantitative estimate of drug-likeness (QED) is 0.817. The Morgan fingerprint density at radius 3 is 2.28 bits per heavy atom. The third-order valence-electron chi connectivity index (χ3n) is 3.60. The highest BCUT2D eigenvalue weighted by molar-refractivity contribution is 7.92. The minimum absolute atomic E-state index is 0.0228. The lowest BCUT2D eigenvalue weighted by atomic mass is 10.1. The number of nitrogens with one attached hydrogen (secondary N) is 1. The minimum Gasteiger partial charge on any atom is -0.324 e. The second-order valence-corrected chi connectivity index (χ2v) is 8.72. The van der Waals surface area contributed by atoms with E-state index in [4.69, 9.17) is 0 Å². The molecule has 1 amide bonds. The lowest BCUT2D eigenvalue weighted by molar-refractivity contribution is -0.130. The molecule has 1 rings (SSSR count). The van der Waals surface area contributed by atoms with E-state index in [9.17, 15) is 13.2 Å². The third-order valence-corrected chi connectivity index (χ3v) is 5.73. The first-order valence-corrected chi connectivity index (χ1v) is 8.12. The van der Waals surface area contributed by atoms with Crippen molar-refractivity contribution < 1.29 is 13.2 Å². The van der Waals surface area contributed by atoms with E-state index < -0.39 is 14.6 Å². The number of nitrogens with zero attached hydrogens (tertiary/aromatic N) is 1. The fourth-order valence-electron chi connectivity index (χ4n) is 2.06. The molecule has 1 saturated heterocycles. The van der Waals surface area contributed by atoms with Crippen molar-refractivity contribution in [2.24, 2.45) is 5.92 Å². The smallest absolute Gasteiger partial charge is 0.240 e. The van der Waals surface area contributed by atoms with Gasteiger partial charge in [-0.1, -0.05) is 13.8 Å². The molecule has 0 aromatic rings. The first-order chi connectivity index (χ1) is 7.97. The third kappa shape index (κ3) is 2.85. The van der Waals surface area contributed by atoms with Gasteiger partial charge in [-0.2, -0.15) is 0 Å². The summed E-state index contributed by atoms with van der Waals surface area (Å²) in [6, 6.07) is -0.243. The van der Waals surface area contributed by atoms with Crippen LogP contribution in [0.1, 0.15) is 34.6 Å². The number of sulfone groups is 1. The highest BCUT2D eigenvalue weighted by atomic mass is 32.2. The van der Waals surface area contributed by atoms with Crippen LogP contribution in [0.5, 0.6) is 0 Å². The normalized spacial score (nSPS) is 26.2. The van der Waals surface area contributed by atoms with E-state index in [-0.39, 0.29) is 30.6 Å². The summed E-state index contributed by atoms with van der Waals surface area (Å²) in [6.07, 6.45) is 1.13. The van der Waals surface area contributed by atoms with Gasteiger partial charge in [0.15, 0.2) is 9.84 Å². The molecule has 5 nitrogen and oxygen atoms in total. The van der Waals surface area contributed by atoms with Crippen LogP contribution in [0.2, 0.25) is 0 Å². The molecule has 0 aromatic heterocycles. The van der Waals surface area contributed by atoms with Gasteiger partial charge in [0.05, 0.1) is 17.0 Å². The van der Waals surface area contributed by atoms with Crippen molar-refractivity contribution in [2.75, 3.05) is 12.8 Å². The lowest BCUT2D eigenvalue weighted by Gasteiger charge is -2.33. The van der Waals surface area contributed by atoms with Crippen molar-refractivity contribution in [1.82, 2.24) is 10.2 Å². The fourth-order valence-corrected chi connectivity index (χ4v) is 2.43. The van der Waals surface area contributed by atoms with Crippen LogP contribution in [0.25, 0.3) is 0 Å². The number of hydrogen-bond donors (Lipinski definition) is 1. The average Bonchev–Trinajstić information content (AvgIpc) is 2.44. The molecule has 2 atom stereocenters. The molecular formula is C12H24N2O3S. The Balaban J connectivity index is 2.97. The van der Waals surface area contributed by atoms with Crippen molar-refractivity contribution in [3.63, 3.8) is 0 Å². The number of rotatable bonds is 4. The van der Waals surface area contributed by atoms with E-state index in [0.717, 1.165) is 0 Å². The van der Waals surface area contributed by atoms with Crippen molar-refractivity contribution >= 4 is 15.7 Å². The summed E-state index contributed by atoms with van der Waals surface area (Å²) in [5.41, 5.74) is 0. The Kier molecular flexibility index (Phi) is 4.13. The molecule has 0 aromatic carbocycles. The fraction of sp³-hybridized carbons (Fsp3) is 0.917. The maximum atomic E-state index is 12.1. The van der Waals surface area contributed by atoms with E-state index in [1.807, 2.05) is 20.8 Å². The Hall–Kier alpha value is -0.620. The van der Waals surface area contributed by atoms with Crippen molar-refractivity contribution in [3.8, 4) is 0 Å². The summed E-state index contributed by atoms with van der Waals surface area (Å²) in [5.74, 6) is 0.222. The van der Waals surface area contributed by atoms with Gasteiger partial charge in [0.1, 0.15) is 0 Å². The van der Waals surface area contributed by atoms with E-state index in [2.05, 4.69) is 5.32 Å². The van der Waals surface area contributed by atoms with Gasteiger partial charge in [0.25, 0.3) is 0 Å². The Bertz CT molecular complexity index is 429. The zero-order valence-electron chi connectivity index (χ0n) is 12.0. The summed E-state index contributed by atoms with van der Waals surface area (Å²) >= 11 is 0. The predicted octanol–water partition coefficient (Wildman–Crippen LogP) is 0.612. The van der Waals surface area contributed by atoms with Crippen LogP contribution in [0.3, 0.4) is 0 Å². The van der Waals surface area contributed by atoms with Crippen LogP contribution in [0.15, 0.2) is 0 Å². The standard InChI is InChI=1S/C12H24N2O3S/c1-8(2)10-13-9(3)11(15)14(10)7-12(4,5)18(6,16)17/h8-10,13H,7H2,1-6H3. The molecule has 106 valence electrons. The maximum absolute atomic E-state index is 12.1. The maximum Gasteiger partial charge on any atom is 0.240 e. The molecule has 1 N–H and O–H groups in total.